The molecule has 0 saturated heterocycles. The fourth-order valence-electron chi connectivity index (χ4n) is 3.11. The van der Waals surface area contributed by atoms with Crippen LogP contribution >= 0.6 is 0 Å². The Morgan fingerprint density at radius 1 is 1.23 bits per heavy atom. The minimum atomic E-state index is -0.226. The third kappa shape index (κ3) is 3.43. The smallest absolute Gasteiger partial charge is 0.273 e. The molecule has 0 fully saturated rings. The van der Waals surface area contributed by atoms with Crippen molar-refractivity contribution in [1.29, 1.82) is 0 Å². The molecule has 0 spiro atoms. The van der Waals surface area contributed by atoms with Crippen LogP contribution in [0.5, 0.6) is 0 Å². The quantitative estimate of drug-likeness (QED) is 0.780. The van der Waals surface area contributed by atoms with Gasteiger partial charge in [0.05, 0.1) is 11.3 Å². The molecule has 2 N–H and O–H groups in total. The molecule has 1 aliphatic rings. The summed E-state index contributed by atoms with van der Waals surface area (Å²) in [6, 6.07) is 1.74. The molecule has 1 aliphatic heterocycles. The molecular weight excluding hydrogens is 328 g/mol. The Morgan fingerprint density at radius 3 is 2.65 bits per heavy atom. The van der Waals surface area contributed by atoms with E-state index in [1.54, 1.807) is 12.3 Å². The number of nitrogens with one attached hydrogen (secondary N) is 2. The summed E-state index contributed by atoms with van der Waals surface area (Å²) in [6.45, 7) is 11.4. The van der Waals surface area contributed by atoms with E-state index in [1.165, 1.54) is 11.9 Å². The van der Waals surface area contributed by atoms with Crippen LogP contribution in [0.3, 0.4) is 0 Å². The van der Waals surface area contributed by atoms with E-state index in [2.05, 4.69) is 58.1 Å². The second kappa shape index (κ2) is 7.61. The molecule has 136 valence electrons. The van der Waals surface area contributed by atoms with Gasteiger partial charge < -0.3 is 4.98 Å². The topological polar surface area (TPSA) is 86.3 Å². The molecule has 7 heteroatoms. The van der Waals surface area contributed by atoms with Crippen molar-refractivity contribution in [3.63, 3.8) is 0 Å². The van der Waals surface area contributed by atoms with Crippen molar-refractivity contribution in [1.82, 2.24) is 25.3 Å². The molecule has 26 heavy (non-hydrogen) atoms. The summed E-state index contributed by atoms with van der Waals surface area (Å²) in [7, 11) is 0. The molecule has 0 aliphatic carbocycles. The zero-order valence-electron chi connectivity index (χ0n) is 15.6. The first-order valence-electron chi connectivity index (χ1n) is 8.82. The number of hydrazone groups is 1. The molecule has 3 rings (SSSR count). The van der Waals surface area contributed by atoms with Crippen molar-refractivity contribution in [3.8, 4) is 0 Å². The Kier molecular flexibility index (Phi) is 5.27. The first kappa shape index (κ1) is 18.0. The number of hydrogen-bond acceptors (Lipinski definition) is 5. The van der Waals surface area contributed by atoms with Crippen LogP contribution in [0.1, 0.15) is 42.1 Å². The van der Waals surface area contributed by atoms with Gasteiger partial charge in [0.15, 0.2) is 0 Å². The van der Waals surface area contributed by atoms with Gasteiger partial charge in [-0.3, -0.25) is 9.69 Å². The highest BCUT2D eigenvalue weighted by Crippen LogP contribution is 2.24. The predicted molar refractivity (Wildman–Crippen MR) is 102 cm³/mol. The summed E-state index contributed by atoms with van der Waals surface area (Å²) in [4.78, 5) is 26.2. The average molecular weight is 352 g/mol. The molecular formula is C19H24N6O. The minimum absolute atomic E-state index is 0.226. The lowest BCUT2D eigenvalue weighted by Gasteiger charge is -2.18. The number of aromatic nitrogens is 3. The fraction of sp³-hybridized carbons (Fsp3) is 0.368. The van der Waals surface area contributed by atoms with Gasteiger partial charge in [-0.2, -0.15) is 5.10 Å². The van der Waals surface area contributed by atoms with Gasteiger partial charge in [-0.05, 0) is 50.2 Å². The summed E-state index contributed by atoms with van der Waals surface area (Å²) in [5.41, 5.74) is 8.67. The van der Waals surface area contributed by atoms with Gasteiger partial charge in [-0.25, -0.2) is 15.4 Å². The molecule has 0 radical (unpaired) electrons. The zero-order valence-corrected chi connectivity index (χ0v) is 15.6. The van der Waals surface area contributed by atoms with Crippen molar-refractivity contribution < 1.29 is 4.79 Å². The lowest BCUT2D eigenvalue weighted by Crippen LogP contribution is -2.22. The molecule has 0 aromatic carbocycles. The first-order chi connectivity index (χ1) is 12.5. The standard InChI is InChI=1S/C19H24N6O/c1-5-25(6-2)10-15-12(3)17(22-13(15)4)9-14-18(23-24-19(14)26)16-7-8-20-11-21-16/h7-9,11,22H,5-6,10H2,1-4H3,(H,24,26). The number of amides is 1. The second-order valence-electron chi connectivity index (χ2n) is 6.28. The Balaban J connectivity index is 1.96. The highest BCUT2D eigenvalue weighted by Gasteiger charge is 2.25. The molecule has 2 aromatic rings. The van der Waals surface area contributed by atoms with E-state index in [9.17, 15) is 4.79 Å². The summed E-state index contributed by atoms with van der Waals surface area (Å²) >= 11 is 0. The lowest BCUT2D eigenvalue weighted by molar-refractivity contribution is -0.116. The van der Waals surface area contributed by atoms with Crippen LogP contribution in [-0.4, -0.2) is 44.6 Å². The van der Waals surface area contributed by atoms with Crippen LogP contribution in [0.4, 0.5) is 0 Å². The van der Waals surface area contributed by atoms with Gasteiger partial charge >= 0.3 is 0 Å². The Labute approximate surface area is 153 Å². The van der Waals surface area contributed by atoms with Crippen LogP contribution in [0.25, 0.3) is 6.08 Å². The summed E-state index contributed by atoms with van der Waals surface area (Å²) in [5.74, 6) is -0.226. The summed E-state index contributed by atoms with van der Waals surface area (Å²) in [6.07, 6.45) is 4.94. The van der Waals surface area contributed by atoms with Gasteiger partial charge in [0.1, 0.15) is 12.0 Å². The predicted octanol–water partition coefficient (Wildman–Crippen LogP) is 2.18. The number of rotatable bonds is 6. The van der Waals surface area contributed by atoms with E-state index in [0.29, 0.717) is 17.0 Å². The number of H-pyrrole nitrogens is 1. The van der Waals surface area contributed by atoms with Crippen molar-refractivity contribution in [2.45, 2.75) is 34.2 Å². The van der Waals surface area contributed by atoms with E-state index in [1.807, 2.05) is 6.08 Å². The highest BCUT2D eigenvalue weighted by atomic mass is 16.2. The maximum atomic E-state index is 12.3. The molecule has 2 aromatic heterocycles. The van der Waals surface area contributed by atoms with Gasteiger partial charge in [0.2, 0.25) is 0 Å². The van der Waals surface area contributed by atoms with E-state index in [-0.39, 0.29) is 5.91 Å². The Bertz CT molecular complexity index is 862. The molecule has 3 heterocycles. The molecule has 0 saturated carbocycles. The van der Waals surface area contributed by atoms with E-state index in [4.69, 9.17) is 0 Å². The molecule has 7 nitrogen and oxygen atoms in total. The molecule has 0 bridgehead atoms. The van der Waals surface area contributed by atoms with Crippen molar-refractivity contribution in [2.24, 2.45) is 5.10 Å². The molecule has 1 amide bonds. The van der Waals surface area contributed by atoms with Crippen LogP contribution in [0, 0.1) is 13.8 Å². The Morgan fingerprint density at radius 2 is 2.00 bits per heavy atom. The average Bonchev–Trinajstić information content (AvgIpc) is 3.14. The third-order valence-electron chi connectivity index (χ3n) is 4.79. The van der Waals surface area contributed by atoms with Gasteiger partial charge in [0.25, 0.3) is 5.91 Å². The zero-order chi connectivity index (χ0) is 18.7. The largest absolute Gasteiger partial charge is 0.359 e. The normalized spacial score (nSPS) is 15.7. The van der Waals surface area contributed by atoms with Crippen molar-refractivity contribution in [2.75, 3.05) is 13.1 Å². The van der Waals surface area contributed by atoms with Crippen LogP contribution < -0.4 is 5.43 Å². The number of nitrogens with zero attached hydrogens (tertiary/aromatic N) is 4. The van der Waals surface area contributed by atoms with Crippen molar-refractivity contribution in [3.05, 3.63) is 52.4 Å². The SMILES string of the molecule is CCN(CC)Cc1c(C)[nH]c(C=C2C(=O)NN=C2c2ccncn2)c1C. The van der Waals surface area contributed by atoms with E-state index >= 15 is 0 Å². The lowest BCUT2D eigenvalue weighted by atomic mass is 10.0. The molecule has 0 unspecified atom stereocenters. The Hall–Kier alpha value is -2.80. The van der Waals surface area contributed by atoms with Gasteiger partial charge in [-0.1, -0.05) is 13.8 Å². The number of carbonyl (C=O) groups excluding carboxylic acids is 1. The second-order valence-corrected chi connectivity index (χ2v) is 6.28. The molecule has 0 atom stereocenters. The van der Waals surface area contributed by atoms with Crippen molar-refractivity contribution >= 4 is 17.7 Å². The number of hydrogen-bond donors (Lipinski definition) is 2. The number of aromatic amines is 1. The van der Waals surface area contributed by atoms with E-state index in [0.717, 1.165) is 36.6 Å². The highest BCUT2D eigenvalue weighted by molar-refractivity contribution is 6.32. The minimum Gasteiger partial charge on any atom is -0.359 e. The first-order valence-corrected chi connectivity index (χ1v) is 8.82. The van der Waals surface area contributed by atoms with Crippen LogP contribution in [0.15, 0.2) is 29.3 Å². The summed E-state index contributed by atoms with van der Waals surface area (Å²) < 4.78 is 0. The monoisotopic (exact) mass is 352 g/mol. The maximum Gasteiger partial charge on any atom is 0.273 e. The van der Waals surface area contributed by atoms with Gasteiger partial charge in [-0.15, -0.1) is 0 Å². The number of aryl methyl sites for hydroxylation is 1. The summed E-state index contributed by atoms with van der Waals surface area (Å²) in [5, 5.41) is 4.13. The van der Waals surface area contributed by atoms with Crippen LogP contribution in [-0.2, 0) is 11.3 Å². The van der Waals surface area contributed by atoms with Gasteiger partial charge in [0, 0.05) is 24.1 Å². The van der Waals surface area contributed by atoms with E-state index < -0.39 is 0 Å². The maximum absolute atomic E-state index is 12.3. The fourth-order valence-corrected chi connectivity index (χ4v) is 3.11. The number of carbonyl (C=O) groups is 1. The van der Waals surface area contributed by atoms with Crippen LogP contribution in [0.2, 0.25) is 0 Å². The third-order valence-corrected chi connectivity index (χ3v) is 4.79.